The summed E-state index contributed by atoms with van der Waals surface area (Å²) in [5, 5.41) is 0. The van der Waals surface area contributed by atoms with Crippen LogP contribution in [0.5, 0.6) is 0 Å². The summed E-state index contributed by atoms with van der Waals surface area (Å²) in [6, 6.07) is 0. The fourth-order valence-electron chi connectivity index (χ4n) is 2.23. The Morgan fingerprint density at radius 2 is 1.04 bits per heavy atom. The van der Waals surface area contributed by atoms with Gasteiger partial charge in [0.05, 0.1) is 12.5 Å². The lowest BCUT2D eigenvalue weighted by Crippen LogP contribution is -2.51. The Labute approximate surface area is 169 Å². The zero-order chi connectivity index (χ0) is 21.8. The molecule has 160 valence electrons. The minimum Gasteiger partial charge on any atom is -0.520 e. The van der Waals surface area contributed by atoms with Crippen molar-refractivity contribution in [3.63, 3.8) is 0 Å². The fraction of sp³-hybridized carbons (Fsp3) is 0.882. The van der Waals surface area contributed by atoms with E-state index >= 15 is 0 Å². The van der Waals surface area contributed by atoms with Crippen LogP contribution in [0.25, 0.3) is 0 Å². The quantitative estimate of drug-likeness (QED) is 0.452. The minimum absolute atomic E-state index is 0.00944. The molecule has 0 rings (SSSR count). The molecule has 2 atom stereocenters. The molecule has 0 unspecified atom stereocenters. The molecule has 0 spiro atoms. The van der Waals surface area contributed by atoms with E-state index in [9.17, 15) is 9.59 Å². The van der Waals surface area contributed by atoms with Crippen LogP contribution in [0.2, 0.25) is 78.6 Å². The highest BCUT2D eigenvalue weighted by molar-refractivity contribution is 6.72. The van der Waals surface area contributed by atoms with Crippen LogP contribution in [0.4, 0.5) is 0 Å². The van der Waals surface area contributed by atoms with Crippen molar-refractivity contribution in [1.29, 1.82) is 0 Å². The lowest BCUT2D eigenvalue weighted by atomic mass is 10.1. The van der Waals surface area contributed by atoms with Gasteiger partial charge in [-0.05, 0) is 78.6 Å². The minimum atomic E-state index is -2.11. The van der Waals surface area contributed by atoms with Gasteiger partial charge in [0.1, 0.15) is 0 Å². The van der Waals surface area contributed by atoms with E-state index in [2.05, 4.69) is 0 Å². The van der Waals surface area contributed by atoms with Crippen molar-refractivity contribution in [2.45, 2.75) is 97.2 Å². The predicted octanol–water partition coefficient (Wildman–Crippen LogP) is 4.57. The lowest BCUT2D eigenvalue weighted by Gasteiger charge is -2.36. The maximum absolute atomic E-state index is 12.9. The van der Waals surface area contributed by atoms with Crippen molar-refractivity contribution < 1.29 is 27.3 Å². The van der Waals surface area contributed by atoms with Crippen LogP contribution < -0.4 is 0 Å². The molecule has 0 radical (unpaired) electrons. The first-order valence-electron chi connectivity index (χ1n) is 9.49. The van der Waals surface area contributed by atoms with E-state index in [-0.39, 0.29) is 12.4 Å². The molecular formula is C17H40O6Si4. The number of hydrogen-bond acceptors (Lipinski definition) is 6. The van der Waals surface area contributed by atoms with Crippen LogP contribution in [0.1, 0.15) is 6.42 Å². The van der Waals surface area contributed by atoms with Crippen LogP contribution in [0.15, 0.2) is 0 Å². The summed E-state index contributed by atoms with van der Waals surface area (Å²) in [6.07, 6.45) is -1.62. The highest BCUT2D eigenvalue weighted by Gasteiger charge is 2.41. The summed E-state index contributed by atoms with van der Waals surface area (Å²) in [5.74, 6) is -0.775. The normalized spacial score (nSPS) is 15.9. The summed E-state index contributed by atoms with van der Waals surface area (Å²) < 4.78 is 23.7. The molecule has 6 nitrogen and oxygen atoms in total. The van der Waals surface area contributed by atoms with Crippen molar-refractivity contribution in [1.82, 2.24) is 0 Å². The Morgan fingerprint density at radius 3 is 1.37 bits per heavy atom. The molecule has 0 aromatic carbocycles. The SMILES string of the molecule is C[Si](C)(C)OC(=O)C[C@H](O[Si](C)(C)C)[C@H](O[Si](C)(C)C)C(=O)O[Si](C)(C)C. The number of carbonyl (C=O) groups is 2. The van der Waals surface area contributed by atoms with Crippen molar-refractivity contribution in [2.24, 2.45) is 0 Å². The fourth-order valence-corrected chi connectivity index (χ4v) is 5.84. The monoisotopic (exact) mass is 452 g/mol. The van der Waals surface area contributed by atoms with Crippen molar-refractivity contribution in [2.75, 3.05) is 0 Å². The Balaban J connectivity index is 5.73. The van der Waals surface area contributed by atoms with Gasteiger partial charge in [-0.1, -0.05) is 0 Å². The second-order valence-corrected chi connectivity index (χ2v) is 28.5. The standard InChI is InChI=1S/C17H40O6Si4/c1-24(2,3)20-14(13-15(18)21-25(4,5)6)16(22-26(7,8)9)17(19)23-27(10,11)12/h14,16H,13H2,1-12H3/t14-,16-/m0/s1. The first-order valence-corrected chi connectivity index (χ1v) is 23.1. The molecule has 0 saturated heterocycles. The van der Waals surface area contributed by atoms with E-state index in [1.807, 2.05) is 78.6 Å². The summed E-state index contributed by atoms with van der Waals surface area (Å²) in [5.41, 5.74) is 0. The van der Waals surface area contributed by atoms with E-state index < -0.39 is 51.4 Å². The Hall–Kier alpha value is -0.272. The molecule has 27 heavy (non-hydrogen) atoms. The van der Waals surface area contributed by atoms with Crippen molar-refractivity contribution in [3.05, 3.63) is 0 Å². The molecule has 0 aromatic heterocycles. The van der Waals surface area contributed by atoms with Gasteiger partial charge in [0.15, 0.2) is 22.7 Å². The van der Waals surface area contributed by atoms with Gasteiger partial charge in [-0.2, -0.15) is 0 Å². The van der Waals surface area contributed by atoms with E-state index in [1.54, 1.807) is 0 Å². The first kappa shape index (κ1) is 26.7. The molecule has 0 N–H and O–H groups in total. The van der Waals surface area contributed by atoms with Gasteiger partial charge >= 0.3 is 5.97 Å². The van der Waals surface area contributed by atoms with Crippen LogP contribution in [-0.4, -0.2) is 57.4 Å². The van der Waals surface area contributed by atoms with Gasteiger partial charge in [-0.25, -0.2) is 0 Å². The molecule has 0 saturated carbocycles. The average molecular weight is 453 g/mol. The molecule has 10 heteroatoms. The third-order valence-electron chi connectivity index (χ3n) is 2.75. The average Bonchev–Trinajstić information content (AvgIpc) is 2.27. The molecule has 0 heterocycles. The third-order valence-corrected chi connectivity index (χ3v) is 6.37. The van der Waals surface area contributed by atoms with Crippen LogP contribution in [0.3, 0.4) is 0 Å². The zero-order valence-corrected chi connectivity index (χ0v) is 23.3. The maximum Gasteiger partial charge on any atom is 0.323 e. The highest BCUT2D eigenvalue weighted by Crippen LogP contribution is 2.23. The van der Waals surface area contributed by atoms with Crippen molar-refractivity contribution in [3.8, 4) is 0 Å². The van der Waals surface area contributed by atoms with Gasteiger partial charge in [0.2, 0.25) is 16.6 Å². The van der Waals surface area contributed by atoms with Gasteiger partial charge in [0, 0.05) is 0 Å². The molecule has 0 bridgehead atoms. The Morgan fingerprint density at radius 1 is 0.630 bits per heavy atom. The third kappa shape index (κ3) is 14.4. The van der Waals surface area contributed by atoms with Gasteiger partial charge < -0.3 is 17.7 Å². The Bertz CT molecular complexity index is 511. The van der Waals surface area contributed by atoms with Gasteiger partial charge in [-0.15, -0.1) is 0 Å². The largest absolute Gasteiger partial charge is 0.520 e. The second kappa shape index (κ2) is 9.48. The number of hydrogen-bond donors (Lipinski definition) is 0. The maximum atomic E-state index is 12.9. The van der Waals surface area contributed by atoms with E-state index in [0.29, 0.717) is 0 Å². The summed E-state index contributed by atoms with van der Waals surface area (Å²) in [4.78, 5) is 25.4. The van der Waals surface area contributed by atoms with E-state index in [1.165, 1.54) is 0 Å². The molecule has 0 aromatic rings. The van der Waals surface area contributed by atoms with Crippen LogP contribution >= 0.6 is 0 Å². The van der Waals surface area contributed by atoms with Crippen LogP contribution in [0, 0.1) is 0 Å². The summed E-state index contributed by atoms with van der Waals surface area (Å²) in [6.45, 7) is 23.8. The molecule has 0 amide bonds. The highest BCUT2D eigenvalue weighted by atomic mass is 28.4. The second-order valence-electron chi connectivity index (χ2n) is 10.7. The molecule has 0 aliphatic rings. The smallest absolute Gasteiger partial charge is 0.323 e. The molecule has 0 fully saturated rings. The predicted molar refractivity (Wildman–Crippen MR) is 120 cm³/mol. The summed E-state index contributed by atoms with van der Waals surface area (Å²) >= 11 is 0. The molecule has 0 aliphatic heterocycles. The van der Waals surface area contributed by atoms with E-state index in [4.69, 9.17) is 17.7 Å². The van der Waals surface area contributed by atoms with Gasteiger partial charge in [0.25, 0.3) is 5.97 Å². The van der Waals surface area contributed by atoms with Gasteiger partial charge in [-0.3, -0.25) is 9.59 Å². The number of carbonyl (C=O) groups excluding carboxylic acids is 2. The zero-order valence-electron chi connectivity index (χ0n) is 19.3. The van der Waals surface area contributed by atoms with Crippen molar-refractivity contribution >= 4 is 45.2 Å². The molecular weight excluding hydrogens is 413 g/mol. The lowest BCUT2D eigenvalue weighted by molar-refractivity contribution is -0.150. The van der Waals surface area contributed by atoms with Crippen LogP contribution in [-0.2, 0) is 27.3 Å². The topological polar surface area (TPSA) is 71.1 Å². The Kier molecular flexibility index (Phi) is 9.39. The molecule has 0 aliphatic carbocycles. The van der Waals surface area contributed by atoms with E-state index in [0.717, 1.165) is 0 Å². The summed E-state index contributed by atoms with van der Waals surface area (Å²) in [7, 11) is -8.27. The number of rotatable bonds is 10. The first-order chi connectivity index (χ1) is 11.7.